The second-order valence-corrected chi connectivity index (χ2v) is 6.60. The van der Waals surface area contributed by atoms with E-state index in [1.807, 2.05) is 39.8 Å². The van der Waals surface area contributed by atoms with E-state index >= 15 is 0 Å². The summed E-state index contributed by atoms with van der Waals surface area (Å²) in [6, 6.07) is 7.26. The lowest BCUT2D eigenvalue weighted by molar-refractivity contribution is -0.121. The minimum atomic E-state index is -0.226. The molecule has 0 heterocycles. The molecule has 0 aliphatic carbocycles. The van der Waals surface area contributed by atoms with Crippen LogP contribution >= 0.6 is 11.8 Å². The van der Waals surface area contributed by atoms with E-state index in [4.69, 9.17) is 0 Å². The summed E-state index contributed by atoms with van der Waals surface area (Å²) in [7, 11) is 0. The Hall–Kier alpha value is -1.29. The topological polar surface area (TPSA) is 46.2 Å². The van der Waals surface area contributed by atoms with Crippen molar-refractivity contribution < 1.29 is 9.59 Å². The molecule has 0 bridgehead atoms. The van der Waals surface area contributed by atoms with Crippen LogP contribution < -0.4 is 5.32 Å². The van der Waals surface area contributed by atoms with Gasteiger partial charge in [-0.05, 0) is 39.8 Å². The second-order valence-electron chi connectivity index (χ2n) is 5.19. The van der Waals surface area contributed by atoms with Crippen LogP contribution in [0.4, 0.5) is 0 Å². The highest BCUT2D eigenvalue weighted by molar-refractivity contribution is 8.00. The van der Waals surface area contributed by atoms with E-state index in [2.05, 4.69) is 5.32 Å². The fourth-order valence-electron chi connectivity index (χ4n) is 1.39. The number of thioether (sulfide) groups is 1. The Bertz CT molecular complexity index is 438. The summed E-state index contributed by atoms with van der Waals surface area (Å²) < 4.78 is 0. The fourth-order valence-corrected chi connectivity index (χ4v) is 2.33. The Morgan fingerprint density at radius 3 is 2.61 bits per heavy atom. The Morgan fingerprint density at radius 1 is 1.39 bits per heavy atom. The van der Waals surface area contributed by atoms with Gasteiger partial charge < -0.3 is 5.32 Å². The summed E-state index contributed by atoms with van der Waals surface area (Å²) in [5.41, 5.74) is 0.403. The number of rotatable bonds is 4. The molecule has 18 heavy (non-hydrogen) atoms. The van der Waals surface area contributed by atoms with Gasteiger partial charge in [-0.2, -0.15) is 0 Å². The average molecular weight is 265 g/mol. The number of hydrogen-bond acceptors (Lipinski definition) is 3. The van der Waals surface area contributed by atoms with E-state index in [1.54, 1.807) is 12.1 Å². The molecule has 0 aliphatic rings. The summed E-state index contributed by atoms with van der Waals surface area (Å²) in [6.45, 7) is 7.72. The van der Waals surface area contributed by atoms with Crippen molar-refractivity contribution >= 4 is 24.0 Å². The molecular weight excluding hydrogens is 246 g/mol. The monoisotopic (exact) mass is 265 g/mol. The van der Waals surface area contributed by atoms with Gasteiger partial charge in [-0.3, -0.25) is 9.59 Å². The third kappa shape index (κ3) is 4.92. The second kappa shape index (κ2) is 6.05. The highest BCUT2D eigenvalue weighted by atomic mass is 32.2. The van der Waals surface area contributed by atoms with Crippen LogP contribution in [0.5, 0.6) is 0 Å². The smallest absolute Gasteiger partial charge is 0.233 e. The van der Waals surface area contributed by atoms with E-state index in [0.717, 1.165) is 11.2 Å². The molecule has 1 N–H and O–H groups in total. The molecule has 98 valence electrons. The zero-order chi connectivity index (χ0) is 13.8. The first-order valence-corrected chi connectivity index (χ1v) is 6.74. The first-order chi connectivity index (χ1) is 8.31. The van der Waals surface area contributed by atoms with E-state index in [9.17, 15) is 9.59 Å². The quantitative estimate of drug-likeness (QED) is 0.672. The van der Waals surface area contributed by atoms with Crippen molar-refractivity contribution in [1.29, 1.82) is 0 Å². The molecule has 0 radical (unpaired) electrons. The molecule has 1 rings (SSSR count). The van der Waals surface area contributed by atoms with Gasteiger partial charge in [-0.15, -0.1) is 11.8 Å². The fraction of sp³-hybridized carbons (Fsp3) is 0.429. The molecular formula is C14H19NO2S. The van der Waals surface area contributed by atoms with Crippen LogP contribution in [0.15, 0.2) is 29.2 Å². The third-order valence-electron chi connectivity index (χ3n) is 2.17. The van der Waals surface area contributed by atoms with Crippen molar-refractivity contribution in [2.45, 2.75) is 43.4 Å². The lowest BCUT2D eigenvalue weighted by Gasteiger charge is -2.23. The maximum absolute atomic E-state index is 11.9. The van der Waals surface area contributed by atoms with E-state index in [1.165, 1.54) is 11.8 Å². The van der Waals surface area contributed by atoms with Crippen LogP contribution in [0, 0.1) is 0 Å². The SMILES string of the molecule is CC(Sc1cccc(C=O)c1)C(=O)NC(C)(C)C. The van der Waals surface area contributed by atoms with Gasteiger partial charge in [0.2, 0.25) is 5.91 Å². The summed E-state index contributed by atoms with van der Waals surface area (Å²) in [5, 5.41) is 2.75. The number of benzene rings is 1. The maximum Gasteiger partial charge on any atom is 0.233 e. The molecule has 0 fully saturated rings. The van der Waals surface area contributed by atoms with Gasteiger partial charge in [0.1, 0.15) is 6.29 Å². The molecule has 3 nitrogen and oxygen atoms in total. The molecule has 1 atom stereocenters. The van der Waals surface area contributed by atoms with Crippen LogP contribution in [0.3, 0.4) is 0 Å². The average Bonchev–Trinajstić information content (AvgIpc) is 2.27. The first-order valence-electron chi connectivity index (χ1n) is 5.86. The van der Waals surface area contributed by atoms with Gasteiger partial charge in [-0.25, -0.2) is 0 Å². The number of nitrogens with one attached hydrogen (secondary N) is 1. The number of hydrogen-bond donors (Lipinski definition) is 1. The van der Waals surface area contributed by atoms with Crippen molar-refractivity contribution in [2.24, 2.45) is 0 Å². The summed E-state index contributed by atoms with van der Waals surface area (Å²) >= 11 is 1.45. The summed E-state index contributed by atoms with van der Waals surface area (Å²) in [4.78, 5) is 23.5. The van der Waals surface area contributed by atoms with Gasteiger partial charge in [0.15, 0.2) is 0 Å². The van der Waals surface area contributed by atoms with E-state index < -0.39 is 0 Å². The predicted molar refractivity (Wildman–Crippen MR) is 75.0 cm³/mol. The molecule has 0 saturated heterocycles. The van der Waals surface area contributed by atoms with Crippen molar-refractivity contribution in [3.05, 3.63) is 29.8 Å². The molecule has 4 heteroatoms. The summed E-state index contributed by atoms with van der Waals surface area (Å²) in [5.74, 6) is 0.00371. The van der Waals surface area contributed by atoms with Crippen molar-refractivity contribution in [3.63, 3.8) is 0 Å². The van der Waals surface area contributed by atoms with E-state index in [0.29, 0.717) is 5.56 Å². The maximum atomic E-state index is 11.9. The zero-order valence-electron chi connectivity index (χ0n) is 11.2. The molecule has 0 saturated carbocycles. The van der Waals surface area contributed by atoms with E-state index in [-0.39, 0.29) is 16.7 Å². The molecule has 1 aromatic rings. The molecule has 1 amide bonds. The molecule has 1 unspecified atom stereocenters. The van der Waals surface area contributed by atoms with Crippen LogP contribution in [0.1, 0.15) is 38.1 Å². The highest BCUT2D eigenvalue weighted by Gasteiger charge is 2.19. The number of aldehydes is 1. The van der Waals surface area contributed by atoms with Crippen LogP contribution in [-0.4, -0.2) is 23.0 Å². The van der Waals surface area contributed by atoms with Crippen LogP contribution in [-0.2, 0) is 4.79 Å². The lowest BCUT2D eigenvalue weighted by atomic mass is 10.1. The molecule has 1 aromatic carbocycles. The Labute approximate surface area is 112 Å². The van der Waals surface area contributed by atoms with Crippen molar-refractivity contribution in [3.8, 4) is 0 Å². The van der Waals surface area contributed by atoms with Gasteiger partial charge >= 0.3 is 0 Å². The van der Waals surface area contributed by atoms with Gasteiger partial charge in [-0.1, -0.05) is 12.1 Å². The van der Waals surface area contributed by atoms with Crippen molar-refractivity contribution in [2.75, 3.05) is 0 Å². The standard InChI is InChI=1S/C14H19NO2S/c1-10(13(17)15-14(2,3)4)18-12-7-5-6-11(8-12)9-16/h5-10H,1-4H3,(H,15,17). The molecule has 0 aromatic heterocycles. The third-order valence-corrected chi connectivity index (χ3v) is 3.27. The predicted octanol–water partition coefficient (Wildman–Crippen LogP) is 2.89. The Kier molecular flexibility index (Phi) is 4.96. The Morgan fingerprint density at radius 2 is 2.06 bits per heavy atom. The first kappa shape index (κ1) is 14.8. The zero-order valence-corrected chi connectivity index (χ0v) is 12.0. The van der Waals surface area contributed by atoms with Gasteiger partial charge in [0, 0.05) is 16.0 Å². The van der Waals surface area contributed by atoms with Gasteiger partial charge in [0.05, 0.1) is 5.25 Å². The Balaban J connectivity index is 2.66. The lowest BCUT2D eigenvalue weighted by Crippen LogP contribution is -2.44. The largest absolute Gasteiger partial charge is 0.351 e. The number of amides is 1. The highest BCUT2D eigenvalue weighted by Crippen LogP contribution is 2.24. The minimum absolute atomic E-state index is 0.00371. The molecule has 0 aliphatic heterocycles. The number of carbonyl (C=O) groups is 2. The minimum Gasteiger partial charge on any atom is -0.351 e. The summed E-state index contributed by atoms with van der Waals surface area (Å²) in [6.07, 6.45) is 0.809. The molecule has 0 spiro atoms. The van der Waals surface area contributed by atoms with Crippen LogP contribution in [0.25, 0.3) is 0 Å². The van der Waals surface area contributed by atoms with Gasteiger partial charge in [0.25, 0.3) is 0 Å². The van der Waals surface area contributed by atoms with Crippen LogP contribution in [0.2, 0.25) is 0 Å². The normalized spacial score (nSPS) is 12.9. The number of carbonyl (C=O) groups excluding carboxylic acids is 2. The van der Waals surface area contributed by atoms with Crippen molar-refractivity contribution in [1.82, 2.24) is 5.32 Å².